The Hall–Kier alpha value is -2.29. The van der Waals surface area contributed by atoms with Gasteiger partial charge in [0.1, 0.15) is 0 Å². The van der Waals surface area contributed by atoms with E-state index in [9.17, 15) is 22.8 Å². The van der Waals surface area contributed by atoms with Crippen LogP contribution in [0.5, 0.6) is 0 Å². The summed E-state index contributed by atoms with van der Waals surface area (Å²) < 4.78 is 37.7. The van der Waals surface area contributed by atoms with Gasteiger partial charge >= 0.3 is 18.2 Å². The summed E-state index contributed by atoms with van der Waals surface area (Å²) in [6.45, 7) is 0.932. The predicted octanol–water partition coefficient (Wildman–Crippen LogP) is 1.58. The number of benzene rings is 1. The molecule has 21 heavy (non-hydrogen) atoms. The minimum Gasteiger partial charge on any atom is -0.479 e. The Labute approximate surface area is 117 Å². The minimum absolute atomic E-state index is 0.0628. The molecule has 0 bridgehead atoms. The molecule has 1 atom stereocenters. The summed E-state index contributed by atoms with van der Waals surface area (Å²) in [7, 11) is 0. The second-order valence-corrected chi connectivity index (χ2v) is 4.22. The van der Waals surface area contributed by atoms with Gasteiger partial charge in [-0.1, -0.05) is 6.07 Å². The quantitative estimate of drug-likeness (QED) is 0.679. The third-order valence-electron chi connectivity index (χ3n) is 2.55. The Morgan fingerprint density at radius 3 is 2.48 bits per heavy atom. The van der Waals surface area contributed by atoms with Crippen LogP contribution in [0.2, 0.25) is 0 Å². The van der Waals surface area contributed by atoms with Gasteiger partial charge in [0.2, 0.25) is 0 Å². The number of halogens is 3. The molecule has 0 aliphatic heterocycles. The zero-order valence-electron chi connectivity index (χ0n) is 10.9. The van der Waals surface area contributed by atoms with Crippen molar-refractivity contribution in [2.24, 2.45) is 0 Å². The smallest absolute Gasteiger partial charge is 0.416 e. The Morgan fingerprint density at radius 1 is 1.33 bits per heavy atom. The standard InChI is InChI=1S/C12H13F3N2O4/c1-6-2-3-7(12(13,14)15)4-8(6)17-11(21)16-5-9(18)10(19)20/h2-4,9,18H,5H2,1H3,(H,19,20)(H2,16,17,21). The molecule has 0 radical (unpaired) electrons. The Kier molecular flexibility index (Phi) is 5.14. The number of carbonyl (C=O) groups excluding carboxylic acids is 1. The molecular weight excluding hydrogens is 293 g/mol. The normalized spacial score (nSPS) is 12.6. The van der Waals surface area contributed by atoms with Gasteiger partial charge in [-0.2, -0.15) is 13.2 Å². The molecule has 9 heteroatoms. The van der Waals surface area contributed by atoms with Crippen LogP contribution >= 0.6 is 0 Å². The molecule has 0 aromatic heterocycles. The molecule has 0 saturated carbocycles. The van der Waals surface area contributed by atoms with Crippen LogP contribution in [-0.2, 0) is 11.0 Å². The van der Waals surface area contributed by atoms with Crippen molar-refractivity contribution in [2.75, 3.05) is 11.9 Å². The van der Waals surface area contributed by atoms with E-state index in [4.69, 9.17) is 10.2 Å². The number of amides is 2. The van der Waals surface area contributed by atoms with Gasteiger partial charge in [-0.25, -0.2) is 9.59 Å². The molecule has 0 fully saturated rings. The maximum absolute atomic E-state index is 12.6. The number of urea groups is 1. The average molecular weight is 306 g/mol. The van der Waals surface area contributed by atoms with E-state index in [2.05, 4.69) is 5.32 Å². The molecule has 0 saturated heterocycles. The van der Waals surface area contributed by atoms with E-state index in [1.54, 1.807) is 0 Å². The number of carboxylic acid groups (broad SMARTS) is 1. The molecule has 116 valence electrons. The summed E-state index contributed by atoms with van der Waals surface area (Å²) in [5.74, 6) is -1.52. The summed E-state index contributed by atoms with van der Waals surface area (Å²) in [5, 5.41) is 21.6. The number of aliphatic carboxylic acids is 1. The van der Waals surface area contributed by atoms with E-state index in [1.807, 2.05) is 5.32 Å². The highest BCUT2D eigenvalue weighted by molar-refractivity contribution is 5.90. The number of rotatable bonds is 4. The fourth-order valence-corrected chi connectivity index (χ4v) is 1.38. The Balaban J connectivity index is 2.74. The second-order valence-electron chi connectivity index (χ2n) is 4.22. The highest BCUT2D eigenvalue weighted by Gasteiger charge is 2.30. The lowest BCUT2D eigenvalue weighted by atomic mass is 10.1. The first kappa shape index (κ1) is 16.8. The van der Waals surface area contributed by atoms with Crippen molar-refractivity contribution in [3.8, 4) is 0 Å². The van der Waals surface area contributed by atoms with Gasteiger partial charge < -0.3 is 20.8 Å². The summed E-state index contributed by atoms with van der Waals surface area (Å²) >= 11 is 0. The van der Waals surface area contributed by atoms with E-state index in [0.29, 0.717) is 5.56 Å². The second kappa shape index (κ2) is 6.44. The van der Waals surface area contributed by atoms with Crippen molar-refractivity contribution >= 4 is 17.7 Å². The van der Waals surface area contributed by atoms with Crippen LogP contribution in [0, 0.1) is 6.92 Å². The fourth-order valence-electron chi connectivity index (χ4n) is 1.38. The number of carbonyl (C=O) groups is 2. The number of alkyl halides is 3. The SMILES string of the molecule is Cc1ccc(C(F)(F)F)cc1NC(=O)NCC(O)C(=O)O. The summed E-state index contributed by atoms with van der Waals surface area (Å²) in [6, 6.07) is 1.93. The minimum atomic E-state index is -4.54. The number of anilines is 1. The maximum Gasteiger partial charge on any atom is 0.416 e. The van der Waals surface area contributed by atoms with Crippen LogP contribution in [0.4, 0.5) is 23.7 Å². The number of hydrogen-bond donors (Lipinski definition) is 4. The van der Waals surface area contributed by atoms with Crippen LogP contribution in [0.25, 0.3) is 0 Å². The third-order valence-corrected chi connectivity index (χ3v) is 2.55. The monoisotopic (exact) mass is 306 g/mol. The molecule has 2 amide bonds. The Bertz CT molecular complexity index is 546. The van der Waals surface area contributed by atoms with Crippen LogP contribution < -0.4 is 10.6 Å². The van der Waals surface area contributed by atoms with Crippen molar-refractivity contribution in [1.82, 2.24) is 5.32 Å². The molecule has 1 unspecified atom stereocenters. The highest BCUT2D eigenvalue weighted by Crippen LogP contribution is 2.31. The molecule has 1 aromatic rings. The van der Waals surface area contributed by atoms with Crippen molar-refractivity contribution in [3.05, 3.63) is 29.3 Å². The molecule has 0 heterocycles. The Morgan fingerprint density at radius 2 is 1.95 bits per heavy atom. The molecule has 0 aliphatic carbocycles. The van der Waals surface area contributed by atoms with Crippen LogP contribution in [0.1, 0.15) is 11.1 Å². The number of aliphatic hydroxyl groups excluding tert-OH is 1. The molecule has 0 spiro atoms. The molecule has 1 aromatic carbocycles. The summed E-state index contributed by atoms with van der Waals surface area (Å²) in [5.41, 5.74) is -0.585. The van der Waals surface area contributed by atoms with Crippen LogP contribution in [-0.4, -0.2) is 34.9 Å². The van der Waals surface area contributed by atoms with Crippen LogP contribution in [0.3, 0.4) is 0 Å². The molecule has 0 aliphatic rings. The fraction of sp³-hybridized carbons (Fsp3) is 0.333. The van der Waals surface area contributed by atoms with Crippen molar-refractivity contribution in [2.45, 2.75) is 19.2 Å². The van der Waals surface area contributed by atoms with E-state index in [-0.39, 0.29) is 5.69 Å². The maximum atomic E-state index is 12.6. The third kappa shape index (κ3) is 4.95. The summed E-state index contributed by atoms with van der Waals surface area (Å²) in [6.07, 6.45) is -6.33. The first-order chi connectivity index (χ1) is 9.61. The lowest BCUT2D eigenvalue weighted by Gasteiger charge is -2.13. The highest BCUT2D eigenvalue weighted by atomic mass is 19.4. The zero-order chi connectivity index (χ0) is 16.2. The molecule has 4 N–H and O–H groups in total. The average Bonchev–Trinajstić information content (AvgIpc) is 2.37. The van der Waals surface area contributed by atoms with Crippen molar-refractivity contribution in [3.63, 3.8) is 0 Å². The number of aryl methyl sites for hydroxylation is 1. The lowest BCUT2D eigenvalue weighted by molar-refractivity contribution is -0.146. The van der Waals surface area contributed by atoms with E-state index >= 15 is 0 Å². The van der Waals surface area contributed by atoms with E-state index < -0.39 is 36.4 Å². The van der Waals surface area contributed by atoms with Gasteiger partial charge in [0.15, 0.2) is 6.10 Å². The van der Waals surface area contributed by atoms with Crippen molar-refractivity contribution in [1.29, 1.82) is 0 Å². The van der Waals surface area contributed by atoms with Gasteiger partial charge in [-0.15, -0.1) is 0 Å². The number of carboxylic acids is 1. The first-order valence-electron chi connectivity index (χ1n) is 5.75. The van der Waals surface area contributed by atoms with Gasteiger partial charge in [0, 0.05) is 5.69 Å². The number of nitrogens with one attached hydrogen (secondary N) is 2. The van der Waals surface area contributed by atoms with Crippen LogP contribution in [0.15, 0.2) is 18.2 Å². The number of hydrogen-bond acceptors (Lipinski definition) is 3. The molecule has 1 rings (SSSR count). The van der Waals surface area contributed by atoms with E-state index in [0.717, 1.165) is 12.1 Å². The van der Waals surface area contributed by atoms with Crippen molar-refractivity contribution < 1.29 is 33.0 Å². The topological polar surface area (TPSA) is 98.7 Å². The summed E-state index contributed by atoms with van der Waals surface area (Å²) in [4.78, 5) is 21.8. The lowest BCUT2D eigenvalue weighted by Crippen LogP contribution is -2.38. The van der Waals surface area contributed by atoms with Gasteiger partial charge in [-0.05, 0) is 24.6 Å². The van der Waals surface area contributed by atoms with Gasteiger partial charge in [0.25, 0.3) is 0 Å². The molecular formula is C12H13F3N2O4. The molecule has 6 nitrogen and oxygen atoms in total. The van der Waals surface area contributed by atoms with Gasteiger partial charge in [0.05, 0.1) is 12.1 Å². The zero-order valence-corrected chi connectivity index (χ0v) is 10.9. The number of aliphatic hydroxyl groups is 1. The predicted molar refractivity (Wildman–Crippen MR) is 66.8 cm³/mol. The first-order valence-corrected chi connectivity index (χ1v) is 5.75. The largest absolute Gasteiger partial charge is 0.479 e. The van der Waals surface area contributed by atoms with E-state index in [1.165, 1.54) is 13.0 Å². The van der Waals surface area contributed by atoms with Gasteiger partial charge in [-0.3, -0.25) is 0 Å².